The number of anilines is 2. The predicted octanol–water partition coefficient (Wildman–Crippen LogP) is 11.2. The number of piperazine rings is 2. The monoisotopic (exact) mass is 990 g/mol. The summed E-state index contributed by atoms with van der Waals surface area (Å²) < 4.78 is 90.3. The molecular weight excluding hydrogens is 948 g/mol. The molecule has 4 heterocycles. The fourth-order valence-corrected chi connectivity index (χ4v) is 9.90. The van der Waals surface area contributed by atoms with Gasteiger partial charge in [-0.05, 0) is 73.5 Å². The Morgan fingerprint density at radius 2 is 0.818 bits per heavy atom. The van der Waals surface area contributed by atoms with Crippen LogP contribution in [0.2, 0.25) is 20.1 Å². The van der Waals surface area contributed by atoms with E-state index in [1.807, 2.05) is 34.1 Å². The summed E-state index contributed by atoms with van der Waals surface area (Å²) in [5.41, 5.74) is 0.0517. The second-order valence-electron chi connectivity index (χ2n) is 16.4. The lowest BCUT2D eigenvalue weighted by Gasteiger charge is -2.47. The molecule has 0 spiro atoms. The van der Waals surface area contributed by atoms with Gasteiger partial charge in [-0.2, -0.15) is 36.5 Å². The van der Waals surface area contributed by atoms with Crippen LogP contribution < -0.4 is 9.80 Å². The van der Waals surface area contributed by atoms with Crippen LogP contribution >= 0.6 is 46.4 Å². The molecule has 66 heavy (non-hydrogen) atoms. The third-order valence-electron chi connectivity index (χ3n) is 12.5. The van der Waals surface area contributed by atoms with Gasteiger partial charge in [0.15, 0.2) is 17.2 Å². The lowest BCUT2D eigenvalue weighted by Crippen LogP contribution is -2.63. The number of aromatic nitrogens is 4. The van der Waals surface area contributed by atoms with Crippen LogP contribution in [0.5, 0.6) is 0 Å². The standard InChI is InChI=1S/C47H44Cl4F6N8O/c1-29-37(50)44(46(52,53)54)58-64(29)39(31-9-5-3-6-10-31)41(62-25-21-60(22-26-62)35-17-13-33(48)14-18-35)43(66)42(63-27-23-61(24-28-63)36-19-15-34(49)16-20-36)40(32-11-7-4-8-12-32)65-30(2)38(51)45(59-65)47(55,56)57/h3-20,39-42H,21-28H2,1-2H3. The first-order valence-electron chi connectivity index (χ1n) is 21.2. The highest BCUT2D eigenvalue weighted by molar-refractivity contribution is 6.32. The third-order valence-corrected chi connectivity index (χ3v) is 13.9. The zero-order chi connectivity index (χ0) is 47.1. The lowest BCUT2D eigenvalue weighted by atomic mass is 9.85. The van der Waals surface area contributed by atoms with Gasteiger partial charge in [-0.1, -0.05) is 107 Å². The SMILES string of the molecule is Cc1c(Cl)c(C(F)(F)F)nn1C(c1ccccc1)C(C(=O)C(C(c1ccccc1)n1nc(C(F)(F)F)c(Cl)c1C)N1CCN(c2ccc(Cl)cc2)CC1)N1CCN(c2ccc(Cl)cc2)CC1. The Morgan fingerprint density at radius 3 is 1.11 bits per heavy atom. The molecule has 8 rings (SSSR count). The number of benzene rings is 4. The summed E-state index contributed by atoms with van der Waals surface area (Å²) in [6.07, 6.45) is -9.87. The van der Waals surface area contributed by atoms with E-state index in [-0.39, 0.29) is 37.6 Å². The molecule has 0 bridgehead atoms. The molecule has 0 amide bonds. The maximum atomic E-state index is 16.7. The van der Waals surface area contributed by atoms with Crippen LogP contribution in [0.15, 0.2) is 109 Å². The zero-order valence-corrected chi connectivity index (χ0v) is 38.6. The first kappa shape index (κ1) is 47.7. The van der Waals surface area contributed by atoms with Crippen LogP contribution in [0, 0.1) is 13.8 Å². The molecule has 2 saturated heterocycles. The Labute approximate surface area is 398 Å². The van der Waals surface area contributed by atoms with Crippen LogP contribution in [0.1, 0.15) is 46.0 Å². The lowest BCUT2D eigenvalue weighted by molar-refractivity contribution is -0.142. The molecule has 348 valence electrons. The van der Waals surface area contributed by atoms with Gasteiger partial charge < -0.3 is 9.80 Å². The predicted molar refractivity (Wildman–Crippen MR) is 246 cm³/mol. The second kappa shape index (κ2) is 19.4. The molecule has 19 heteroatoms. The summed E-state index contributed by atoms with van der Waals surface area (Å²) in [6.45, 7) is 5.55. The van der Waals surface area contributed by atoms with Gasteiger partial charge in [0.2, 0.25) is 0 Å². The molecule has 0 saturated carbocycles. The van der Waals surface area contributed by atoms with Gasteiger partial charge in [-0.15, -0.1) is 0 Å². The number of ketones is 1. The van der Waals surface area contributed by atoms with Crippen LogP contribution in [-0.2, 0) is 17.1 Å². The van der Waals surface area contributed by atoms with E-state index in [1.165, 1.54) is 23.2 Å². The van der Waals surface area contributed by atoms with Crippen molar-refractivity contribution < 1.29 is 31.1 Å². The quantitative estimate of drug-likeness (QED) is 0.113. The summed E-state index contributed by atoms with van der Waals surface area (Å²) in [6, 6.07) is 27.0. The molecule has 0 radical (unpaired) electrons. The minimum absolute atomic E-state index is 0.0206. The van der Waals surface area contributed by atoms with E-state index in [1.54, 1.807) is 84.9 Å². The second-order valence-corrected chi connectivity index (χ2v) is 18.0. The highest BCUT2D eigenvalue weighted by Crippen LogP contribution is 2.42. The minimum atomic E-state index is -4.93. The maximum Gasteiger partial charge on any atom is 0.436 e. The summed E-state index contributed by atoms with van der Waals surface area (Å²) in [7, 11) is 0. The van der Waals surface area contributed by atoms with Crippen molar-refractivity contribution in [3.8, 4) is 0 Å². The van der Waals surface area contributed by atoms with Gasteiger partial charge in [0, 0.05) is 73.8 Å². The normalized spacial score (nSPS) is 17.5. The van der Waals surface area contributed by atoms with E-state index in [4.69, 9.17) is 46.4 Å². The molecule has 4 atom stereocenters. The van der Waals surface area contributed by atoms with Crippen molar-refractivity contribution in [3.63, 3.8) is 0 Å². The van der Waals surface area contributed by atoms with Gasteiger partial charge in [0.1, 0.15) is 0 Å². The van der Waals surface area contributed by atoms with Crippen LogP contribution in [0.4, 0.5) is 37.7 Å². The summed E-state index contributed by atoms with van der Waals surface area (Å²) >= 11 is 25.4. The molecular formula is C47H44Cl4F6N8O. The molecule has 2 aliphatic rings. The van der Waals surface area contributed by atoms with Crippen molar-refractivity contribution in [2.75, 3.05) is 62.2 Å². The number of alkyl halides is 6. The highest BCUT2D eigenvalue weighted by Gasteiger charge is 2.50. The van der Waals surface area contributed by atoms with Gasteiger partial charge in [0.25, 0.3) is 0 Å². The third kappa shape index (κ3) is 9.79. The van der Waals surface area contributed by atoms with Crippen LogP contribution in [-0.4, -0.2) is 99.6 Å². The van der Waals surface area contributed by atoms with Crippen LogP contribution in [0.3, 0.4) is 0 Å². The Kier molecular flexibility index (Phi) is 14.1. The van der Waals surface area contributed by atoms with Crippen molar-refractivity contribution in [2.45, 2.75) is 50.4 Å². The van der Waals surface area contributed by atoms with Crippen molar-refractivity contribution in [3.05, 3.63) is 163 Å². The largest absolute Gasteiger partial charge is 0.436 e. The van der Waals surface area contributed by atoms with E-state index in [0.717, 1.165) is 11.4 Å². The van der Waals surface area contributed by atoms with E-state index in [0.29, 0.717) is 47.4 Å². The fraction of sp³-hybridized carbons (Fsp3) is 0.340. The average Bonchev–Trinajstić information content (AvgIpc) is 3.78. The molecule has 9 nitrogen and oxygen atoms in total. The minimum Gasteiger partial charge on any atom is -0.369 e. The van der Waals surface area contributed by atoms with E-state index in [2.05, 4.69) is 20.0 Å². The highest BCUT2D eigenvalue weighted by atomic mass is 35.5. The molecule has 0 aliphatic carbocycles. The Balaban J connectivity index is 1.33. The number of hydrogen-bond acceptors (Lipinski definition) is 7. The van der Waals surface area contributed by atoms with Crippen molar-refractivity contribution >= 4 is 63.6 Å². The molecule has 2 fully saturated rings. The molecule has 4 unspecified atom stereocenters. The molecule has 6 aromatic rings. The number of Topliss-reactive ketones (excluding diaryl/α,β-unsaturated/α-hetero) is 1. The summed E-state index contributed by atoms with van der Waals surface area (Å²) in [5, 5.41) is 8.16. The fourth-order valence-electron chi connectivity index (χ4n) is 9.18. The number of nitrogens with zero attached hydrogens (tertiary/aromatic N) is 8. The number of hydrogen-bond donors (Lipinski definition) is 0. The van der Waals surface area contributed by atoms with Crippen LogP contribution in [0.25, 0.3) is 0 Å². The molecule has 2 aromatic heterocycles. The van der Waals surface area contributed by atoms with Gasteiger partial charge >= 0.3 is 12.4 Å². The maximum absolute atomic E-state index is 16.7. The number of halogens is 10. The van der Waals surface area contributed by atoms with Crippen molar-refractivity contribution in [2.24, 2.45) is 0 Å². The first-order valence-corrected chi connectivity index (χ1v) is 22.7. The van der Waals surface area contributed by atoms with Gasteiger partial charge in [0.05, 0.1) is 45.6 Å². The van der Waals surface area contributed by atoms with Crippen molar-refractivity contribution in [1.29, 1.82) is 0 Å². The molecule has 2 aliphatic heterocycles. The van der Waals surface area contributed by atoms with Crippen molar-refractivity contribution in [1.82, 2.24) is 29.4 Å². The zero-order valence-electron chi connectivity index (χ0n) is 35.6. The number of carbonyl (C=O) groups is 1. The first-order chi connectivity index (χ1) is 31.4. The van der Waals surface area contributed by atoms with E-state index in [9.17, 15) is 26.3 Å². The topological polar surface area (TPSA) is 65.7 Å². The molecule has 0 N–H and O–H groups in total. The number of rotatable bonds is 12. The van der Waals surface area contributed by atoms with E-state index < -0.39 is 63.7 Å². The summed E-state index contributed by atoms with van der Waals surface area (Å²) in [5.74, 6) is -0.475. The Bertz CT molecular complexity index is 2430. The Morgan fingerprint density at radius 1 is 0.500 bits per heavy atom. The smallest absolute Gasteiger partial charge is 0.369 e. The number of carbonyl (C=O) groups excluding carboxylic acids is 1. The molecule has 4 aromatic carbocycles. The van der Waals surface area contributed by atoms with Gasteiger partial charge in [-0.25, -0.2) is 0 Å². The average molecular weight is 993 g/mol. The summed E-state index contributed by atoms with van der Waals surface area (Å²) in [4.78, 5) is 24.8. The van der Waals surface area contributed by atoms with Gasteiger partial charge in [-0.3, -0.25) is 24.0 Å². The van der Waals surface area contributed by atoms with E-state index >= 15 is 4.79 Å². The Hall–Kier alpha value is -4.77.